The Morgan fingerprint density at radius 1 is 1.50 bits per heavy atom. The summed E-state index contributed by atoms with van der Waals surface area (Å²) < 4.78 is 0. The van der Waals surface area contributed by atoms with Crippen molar-refractivity contribution in [3.63, 3.8) is 0 Å². The first-order valence-corrected chi connectivity index (χ1v) is 5.68. The highest BCUT2D eigenvalue weighted by atomic mass is 16.1. The summed E-state index contributed by atoms with van der Waals surface area (Å²) in [7, 11) is 0. The van der Waals surface area contributed by atoms with Gasteiger partial charge in [-0.3, -0.25) is 4.79 Å². The number of nitrogens with one attached hydrogen (secondary N) is 1. The molecular formula is C12H21N3O. The van der Waals surface area contributed by atoms with Gasteiger partial charge in [-0.2, -0.15) is 10.2 Å². The van der Waals surface area contributed by atoms with E-state index >= 15 is 0 Å². The van der Waals surface area contributed by atoms with Crippen molar-refractivity contribution >= 4 is 5.91 Å². The van der Waals surface area contributed by atoms with Gasteiger partial charge in [0.1, 0.15) is 0 Å². The molecule has 0 spiro atoms. The number of aromatic nitrogens is 2. The molecule has 4 heteroatoms. The molecule has 1 heterocycles. The molecule has 0 aromatic carbocycles. The van der Waals surface area contributed by atoms with Gasteiger partial charge in [-0.25, -0.2) is 0 Å². The quantitative estimate of drug-likeness (QED) is 0.852. The van der Waals surface area contributed by atoms with Crippen LogP contribution in [0.5, 0.6) is 0 Å². The maximum absolute atomic E-state index is 11.7. The van der Waals surface area contributed by atoms with Crippen molar-refractivity contribution in [1.82, 2.24) is 15.5 Å². The van der Waals surface area contributed by atoms with Crippen LogP contribution in [0.3, 0.4) is 0 Å². The fourth-order valence-corrected chi connectivity index (χ4v) is 1.30. The van der Waals surface area contributed by atoms with E-state index in [1.165, 1.54) is 6.20 Å². The Hall–Kier alpha value is -1.45. The Bertz CT molecular complexity index is 369. The van der Waals surface area contributed by atoms with Crippen LogP contribution in [0.25, 0.3) is 0 Å². The molecule has 1 unspecified atom stereocenters. The van der Waals surface area contributed by atoms with Crippen LogP contribution < -0.4 is 5.32 Å². The molecule has 0 fully saturated rings. The van der Waals surface area contributed by atoms with Gasteiger partial charge in [0, 0.05) is 7.47 Å². The predicted octanol–water partition coefficient (Wildman–Crippen LogP) is 2.37. The zero-order chi connectivity index (χ0) is 12.1. The fourth-order valence-electron chi connectivity index (χ4n) is 1.30. The Kier molecular flexibility index (Phi) is 4.40. The van der Waals surface area contributed by atoms with Gasteiger partial charge in [0.2, 0.25) is 0 Å². The number of carbonyl (C=O) groups excluding carboxylic acids is 1. The van der Waals surface area contributed by atoms with E-state index in [4.69, 9.17) is 0 Å². The summed E-state index contributed by atoms with van der Waals surface area (Å²) in [5.74, 6) is 0.244. The van der Waals surface area contributed by atoms with E-state index in [2.05, 4.69) is 29.4 Å². The number of hydrogen-bond acceptors (Lipinski definition) is 3. The van der Waals surface area contributed by atoms with Gasteiger partial charge in [0.15, 0.2) is 0 Å². The molecular weight excluding hydrogens is 202 g/mol. The van der Waals surface area contributed by atoms with Gasteiger partial charge in [0.05, 0.1) is 17.5 Å². The normalized spacial score (nSPS) is 12.6. The van der Waals surface area contributed by atoms with Crippen LogP contribution in [0.15, 0.2) is 12.3 Å². The van der Waals surface area contributed by atoms with Crippen molar-refractivity contribution in [2.24, 2.45) is 0 Å². The predicted molar refractivity (Wildman–Crippen MR) is 65.5 cm³/mol. The fraction of sp³-hybridized carbons (Fsp3) is 0.583. The van der Waals surface area contributed by atoms with E-state index < -0.39 is 0 Å². The lowest BCUT2D eigenvalue weighted by molar-refractivity contribution is 0.0942. The van der Waals surface area contributed by atoms with Crippen LogP contribution in [0.1, 0.15) is 57.5 Å². The van der Waals surface area contributed by atoms with E-state index in [-0.39, 0.29) is 13.4 Å². The van der Waals surface area contributed by atoms with Crippen molar-refractivity contribution < 1.29 is 6.22 Å². The maximum Gasteiger partial charge on any atom is 0.253 e. The highest BCUT2D eigenvalue weighted by molar-refractivity contribution is 5.94. The molecule has 1 rings (SSSR count). The van der Waals surface area contributed by atoms with Gasteiger partial charge in [-0.1, -0.05) is 13.8 Å². The topological polar surface area (TPSA) is 54.9 Å². The summed E-state index contributed by atoms with van der Waals surface area (Å²) in [5, 5.41) is 10.7. The third-order valence-corrected chi connectivity index (χ3v) is 2.47. The smallest absolute Gasteiger partial charge is 0.253 e. The summed E-state index contributed by atoms with van der Waals surface area (Å²) in [6.45, 7) is 8.03. The van der Waals surface area contributed by atoms with Crippen molar-refractivity contribution in [3.8, 4) is 0 Å². The standard InChI is InChI=1S/C12H19N3O.H2/c1-5-9(4)11-6-10(7-13-15-11)12(16)14-8(2)3;/h6-9H,5H2,1-4H3,(H,14,16);1H. The highest BCUT2D eigenvalue weighted by Gasteiger charge is 2.11. The Labute approximate surface area is 98.0 Å². The van der Waals surface area contributed by atoms with Crippen LogP contribution in [0.2, 0.25) is 0 Å². The molecule has 16 heavy (non-hydrogen) atoms. The number of nitrogens with zero attached hydrogens (tertiary/aromatic N) is 2. The van der Waals surface area contributed by atoms with Gasteiger partial charge >= 0.3 is 0 Å². The van der Waals surface area contributed by atoms with Crippen LogP contribution in [0.4, 0.5) is 0 Å². The Balaban J connectivity index is 0.00000256. The SMILES string of the molecule is CCC(C)c1cc(C(=O)NC(C)C)cnn1.[HH]. The second-order valence-electron chi connectivity index (χ2n) is 4.31. The van der Waals surface area contributed by atoms with E-state index in [0.717, 1.165) is 12.1 Å². The summed E-state index contributed by atoms with van der Waals surface area (Å²) in [6.07, 6.45) is 2.49. The number of amides is 1. The molecule has 0 radical (unpaired) electrons. The van der Waals surface area contributed by atoms with Gasteiger partial charge in [-0.05, 0) is 32.3 Å². The molecule has 1 aromatic heterocycles. The van der Waals surface area contributed by atoms with Crippen LogP contribution in [-0.2, 0) is 0 Å². The average molecular weight is 223 g/mol. The third kappa shape index (κ3) is 3.29. The minimum Gasteiger partial charge on any atom is -0.350 e. The molecule has 4 nitrogen and oxygen atoms in total. The zero-order valence-electron chi connectivity index (χ0n) is 10.3. The second-order valence-corrected chi connectivity index (χ2v) is 4.31. The molecule has 1 aromatic rings. The van der Waals surface area contributed by atoms with Crippen molar-refractivity contribution in [3.05, 3.63) is 23.5 Å². The molecule has 1 amide bonds. The molecule has 0 aliphatic heterocycles. The van der Waals surface area contributed by atoms with Crippen molar-refractivity contribution in [2.75, 3.05) is 0 Å². The lowest BCUT2D eigenvalue weighted by Crippen LogP contribution is -2.30. The minimum absolute atomic E-state index is 0. The number of rotatable bonds is 4. The van der Waals surface area contributed by atoms with E-state index in [1.807, 2.05) is 19.9 Å². The lowest BCUT2D eigenvalue weighted by Gasteiger charge is -2.10. The second kappa shape index (κ2) is 5.58. The zero-order valence-corrected chi connectivity index (χ0v) is 10.3. The number of carbonyl (C=O) groups is 1. The summed E-state index contributed by atoms with van der Waals surface area (Å²) in [6, 6.07) is 1.95. The first-order chi connectivity index (χ1) is 7.54. The summed E-state index contributed by atoms with van der Waals surface area (Å²) in [4.78, 5) is 11.7. The van der Waals surface area contributed by atoms with Crippen LogP contribution in [-0.4, -0.2) is 22.1 Å². The lowest BCUT2D eigenvalue weighted by atomic mass is 10.0. The molecule has 0 aliphatic carbocycles. The molecule has 0 saturated heterocycles. The summed E-state index contributed by atoms with van der Waals surface area (Å²) >= 11 is 0. The highest BCUT2D eigenvalue weighted by Crippen LogP contribution is 2.15. The third-order valence-electron chi connectivity index (χ3n) is 2.47. The van der Waals surface area contributed by atoms with E-state index in [1.54, 1.807) is 0 Å². The van der Waals surface area contributed by atoms with Gasteiger partial charge in [-0.15, -0.1) is 0 Å². The van der Waals surface area contributed by atoms with Crippen molar-refractivity contribution in [1.29, 1.82) is 0 Å². The Morgan fingerprint density at radius 2 is 2.19 bits per heavy atom. The minimum atomic E-state index is -0.0885. The summed E-state index contributed by atoms with van der Waals surface area (Å²) in [5.41, 5.74) is 1.46. The molecule has 0 saturated carbocycles. The van der Waals surface area contributed by atoms with E-state index in [0.29, 0.717) is 11.5 Å². The van der Waals surface area contributed by atoms with Crippen LogP contribution in [0, 0.1) is 0 Å². The van der Waals surface area contributed by atoms with Gasteiger partial charge in [0.25, 0.3) is 5.91 Å². The van der Waals surface area contributed by atoms with Crippen LogP contribution >= 0.6 is 0 Å². The first kappa shape index (κ1) is 12.6. The Morgan fingerprint density at radius 3 is 2.75 bits per heavy atom. The van der Waals surface area contributed by atoms with Gasteiger partial charge < -0.3 is 5.32 Å². The molecule has 1 atom stereocenters. The molecule has 0 aliphatic rings. The average Bonchev–Trinajstić information content (AvgIpc) is 2.27. The molecule has 90 valence electrons. The number of hydrogen-bond donors (Lipinski definition) is 1. The monoisotopic (exact) mass is 223 g/mol. The first-order valence-electron chi connectivity index (χ1n) is 5.68. The largest absolute Gasteiger partial charge is 0.350 e. The molecule has 1 N–H and O–H groups in total. The van der Waals surface area contributed by atoms with E-state index in [9.17, 15) is 4.79 Å². The maximum atomic E-state index is 11.7. The molecule has 0 bridgehead atoms. The van der Waals surface area contributed by atoms with Crippen molar-refractivity contribution in [2.45, 2.75) is 46.1 Å².